The topological polar surface area (TPSA) is 81.4 Å². The molecule has 0 spiro atoms. The summed E-state index contributed by atoms with van der Waals surface area (Å²) < 4.78 is 28.4. The molecule has 7 heteroatoms. The molecular formula is C12H19ClN2O3S. The first-order valence-electron chi connectivity index (χ1n) is 5.77. The van der Waals surface area contributed by atoms with Crippen LogP contribution in [0.4, 0.5) is 0 Å². The average molecular weight is 307 g/mol. The number of hydrogen-bond donors (Lipinski definition) is 2. The van der Waals surface area contributed by atoms with Crippen molar-refractivity contribution in [3.05, 3.63) is 28.8 Å². The molecular weight excluding hydrogens is 288 g/mol. The van der Waals surface area contributed by atoms with Gasteiger partial charge in [0.05, 0.1) is 12.4 Å². The molecule has 2 unspecified atom stereocenters. The van der Waals surface area contributed by atoms with Gasteiger partial charge in [-0.25, -0.2) is 8.42 Å². The van der Waals surface area contributed by atoms with Gasteiger partial charge < -0.3 is 4.74 Å². The zero-order valence-corrected chi connectivity index (χ0v) is 12.8. The van der Waals surface area contributed by atoms with Gasteiger partial charge >= 0.3 is 0 Å². The van der Waals surface area contributed by atoms with Gasteiger partial charge in [0.1, 0.15) is 5.75 Å². The Hall–Kier alpha value is -0.820. The molecule has 0 aliphatic heterocycles. The van der Waals surface area contributed by atoms with E-state index in [9.17, 15) is 8.42 Å². The van der Waals surface area contributed by atoms with E-state index in [1.165, 1.54) is 6.26 Å². The van der Waals surface area contributed by atoms with Gasteiger partial charge in [0.2, 0.25) is 0 Å². The van der Waals surface area contributed by atoms with Crippen LogP contribution in [0.25, 0.3) is 0 Å². The van der Waals surface area contributed by atoms with Gasteiger partial charge in [-0.3, -0.25) is 11.3 Å². The normalized spacial score (nSPS) is 15.0. The van der Waals surface area contributed by atoms with Crippen molar-refractivity contribution in [2.75, 3.05) is 13.4 Å². The number of sulfone groups is 1. The van der Waals surface area contributed by atoms with Crippen LogP contribution in [0.1, 0.15) is 12.5 Å². The maximum Gasteiger partial charge on any atom is 0.151 e. The van der Waals surface area contributed by atoms with Gasteiger partial charge in [-0.1, -0.05) is 11.6 Å². The van der Waals surface area contributed by atoms with Crippen LogP contribution in [0.2, 0.25) is 5.02 Å². The fraction of sp³-hybridized carbons (Fsp3) is 0.500. The van der Waals surface area contributed by atoms with E-state index in [1.54, 1.807) is 32.2 Å². The zero-order valence-electron chi connectivity index (χ0n) is 11.2. The Morgan fingerprint density at radius 2 is 2.11 bits per heavy atom. The van der Waals surface area contributed by atoms with Crippen molar-refractivity contribution in [1.82, 2.24) is 5.43 Å². The van der Waals surface area contributed by atoms with Crippen LogP contribution in [-0.2, 0) is 16.3 Å². The van der Waals surface area contributed by atoms with E-state index >= 15 is 0 Å². The second-order valence-corrected chi connectivity index (χ2v) is 7.31. The van der Waals surface area contributed by atoms with E-state index in [0.29, 0.717) is 17.2 Å². The summed E-state index contributed by atoms with van der Waals surface area (Å²) in [6.07, 6.45) is 1.60. The lowest BCUT2D eigenvalue weighted by atomic mass is 10.0. The van der Waals surface area contributed by atoms with E-state index in [1.807, 2.05) is 0 Å². The molecule has 0 aliphatic carbocycles. The maximum atomic E-state index is 11.6. The maximum absolute atomic E-state index is 11.6. The minimum absolute atomic E-state index is 0.411. The Balaban J connectivity index is 3.02. The third kappa shape index (κ3) is 4.35. The van der Waals surface area contributed by atoms with Crippen molar-refractivity contribution in [1.29, 1.82) is 0 Å². The number of hydrazine groups is 1. The SMILES string of the molecule is COc1ccc(Cl)cc1CC(NN)C(C)S(C)(=O)=O. The van der Waals surface area contributed by atoms with E-state index in [-0.39, 0.29) is 0 Å². The lowest BCUT2D eigenvalue weighted by molar-refractivity contribution is 0.404. The third-order valence-corrected chi connectivity index (χ3v) is 5.05. The van der Waals surface area contributed by atoms with Gasteiger partial charge in [-0.2, -0.15) is 0 Å². The fourth-order valence-corrected chi connectivity index (χ4v) is 2.77. The van der Waals surface area contributed by atoms with Crippen molar-refractivity contribution >= 4 is 21.4 Å². The molecule has 0 radical (unpaired) electrons. The number of nitrogens with one attached hydrogen (secondary N) is 1. The van der Waals surface area contributed by atoms with Crippen LogP contribution < -0.4 is 16.0 Å². The largest absolute Gasteiger partial charge is 0.496 e. The fourth-order valence-electron chi connectivity index (χ4n) is 1.80. The molecule has 0 aromatic heterocycles. The Bertz CT molecular complexity index is 534. The molecule has 0 saturated carbocycles. The molecule has 0 fully saturated rings. The van der Waals surface area contributed by atoms with Crippen LogP contribution in [0.15, 0.2) is 18.2 Å². The summed E-state index contributed by atoms with van der Waals surface area (Å²) >= 11 is 5.94. The Morgan fingerprint density at radius 1 is 1.47 bits per heavy atom. The highest BCUT2D eigenvalue weighted by atomic mass is 35.5. The second kappa shape index (κ2) is 6.56. The highest BCUT2D eigenvalue weighted by Gasteiger charge is 2.26. The summed E-state index contributed by atoms with van der Waals surface area (Å²) in [5.41, 5.74) is 3.36. The molecule has 0 amide bonds. The number of hydrogen-bond acceptors (Lipinski definition) is 5. The standard InChI is InChI=1S/C12H19ClN2O3S/c1-8(19(3,16)17)11(15-14)7-9-6-10(13)4-5-12(9)18-2/h4-6,8,11,15H,7,14H2,1-3H3. The first kappa shape index (κ1) is 16.2. The number of halogens is 1. The Morgan fingerprint density at radius 3 is 2.58 bits per heavy atom. The Kier molecular flexibility index (Phi) is 5.61. The van der Waals surface area contributed by atoms with Crippen LogP contribution >= 0.6 is 11.6 Å². The summed E-state index contributed by atoms with van der Waals surface area (Å²) in [6, 6.07) is 4.80. The minimum atomic E-state index is -3.18. The third-order valence-electron chi connectivity index (χ3n) is 3.14. The first-order valence-corrected chi connectivity index (χ1v) is 8.10. The number of rotatable bonds is 6. The number of nitrogens with two attached hydrogens (primary N) is 1. The lowest BCUT2D eigenvalue weighted by Crippen LogP contribution is -2.47. The predicted octanol–water partition coefficient (Wildman–Crippen LogP) is 1.16. The van der Waals surface area contributed by atoms with E-state index in [4.69, 9.17) is 22.2 Å². The monoisotopic (exact) mass is 306 g/mol. The number of benzene rings is 1. The van der Waals surface area contributed by atoms with Crippen molar-refractivity contribution in [2.45, 2.75) is 24.6 Å². The summed E-state index contributed by atoms with van der Waals surface area (Å²) in [7, 11) is -1.63. The minimum Gasteiger partial charge on any atom is -0.496 e. The molecule has 19 heavy (non-hydrogen) atoms. The molecule has 0 heterocycles. The number of methoxy groups -OCH3 is 1. The summed E-state index contributed by atoms with van der Waals surface area (Å²) in [5.74, 6) is 6.12. The van der Waals surface area contributed by atoms with Crippen LogP contribution in [0, 0.1) is 0 Å². The molecule has 3 N–H and O–H groups in total. The summed E-state index contributed by atoms with van der Waals surface area (Å²) in [5, 5.41) is -0.0419. The zero-order chi connectivity index (χ0) is 14.6. The molecule has 2 atom stereocenters. The van der Waals surface area contributed by atoms with Crippen molar-refractivity contribution in [3.8, 4) is 5.75 Å². The first-order chi connectivity index (χ1) is 8.79. The second-order valence-electron chi connectivity index (χ2n) is 4.47. The van der Waals surface area contributed by atoms with Crippen molar-refractivity contribution < 1.29 is 13.2 Å². The molecule has 108 valence electrons. The lowest BCUT2D eigenvalue weighted by Gasteiger charge is -2.22. The quantitative estimate of drug-likeness (QED) is 0.609. The molecule has 1 aromatic carbocycles. The summed E-state index contributed by atoms with van der Waals surface area (Å²) in [6.45, 7) is 1.62. The van der Waals surface area contributed by atoms with Gasteiger partial charge in [0, 0.05) is 17.3 Å². The Labute approximate surface area is 119 Å². The average Bonchev–Trinajstić information content (AvgIpc) is 2.34. The molecule has 0 aliphatic rings. The molecule has 1 rings (SSSR count). The van der Waals surface area contributed by atoms with Crippen molar-refractivity contribution in [2.24, 2.45) is 5.84 Å². The van der Waals surface area contributed by atoms with E-state index < -0.39 is 21.1 Å². The van der Waals surface area contributed by atoms with Crippen molar-refractivity contribution in [3.63, 3.8) is 0 Å². The van der Waals surface area contributed by atoms with E-state index in [2.05, 4.69) is 5.43 Å². The molecule has 0 bridgehead atoms. The van der Waals surface area contributed by atoms with Crippen LogP contribution in [0.5, 0.6) is 5.75 Å². The van der Waals surface area contributed by atoms with Crippen LogP contribution in [0.3, 0.4) is 0 Å². The molecule has 1 aromatic rings. The van der Waals surface area contributed by atoms with Gasteiger partial charge in [0.25, 0.3) is 0 Å². The predicted molar refractivity (Wildman–Crippen MR) is 77.1 cm³/mol. The smallest absolute Gasteiger partial charge is 0.151 e. The van der Waals surface area contributed by atoms with E-state index in [0.717, 1.165) is 5.56 Å². The highest BCUT2D eigenvalue weighted by molar-refractivity contribution is 7.91. The molecule has 0 saturated heterocycles. The molecule has 5 nitrogen and oxygen atoms in total. The van der Waals surface area contributed by atoms with Gasteiger partial charge in [0.15, 0.2) is 9.84 Å². The highest BCUT2D eigenvalue weighted by Crippen LogP contribution is 2.25. The van der Waals surface area contributed by atoms with Gasteiger partial charge in [-0.15, -0.1) is 0 Å². The number of ether oxygens (including phenoxy) is 1. The van der Waals surface area contributed by atoms with Gasteiger partial charge in [-0.05, 0) is 37.1 Å². The van der Waals surface area contributed by atoms with Crippen LogP contribution in [-0.4, -0.2) is 33.1 Å². The summed E-state index contributed by atoms with van der Waals surface area (Å²) in [4.78, 5) is 0.